The summed E-state index contributed by atoms with van der Waals surface area (Å²) < 4.78 is 7.85. The van der Waals surface area contributed by atoms with Crippen molar-refractivity contribution in [3.63, 3.8) is 0 Å². The van der Waals surface area contributed by atoms with Gasteiger partial charge >= 0.3 is 0 Å². The minimum Gasteiger partial charge on any atom is -0.432 e. The second kappa shape index (κ2) is 8.00. The Balaban J connectivity index is 1.74. The van der Waals surface area contributed by atoms with E-state index in [0.29, 0.717) is 33.4 Å². The van der Waals surface area contributed by atoms with E-state index in [1.54, 1.807) is 32.2 Å². The Kier molecular flexibility index (Phi) is 4.99. The van der Waals surface area contributed by atoms with Crippen LogP contribution in [0.25, 0.3) is 33.9 Å². The van der Waals surface area contributed by atoms with Crippen LogP contribution in [0.1, 0.15) is 19.5 Å². The third kappa shape index (κ3) is 3.28. The van der Waals surface area contributed by atoms with Gasteiger partial charge in [-0.15, -0.1) is 11.3 Å². The first-order valence-electron chi connectivity index (χ1n) is 10.2. The number of aromatic nitrogens is 3. The quantitative estimate of drug-likeness (QED) is 0.335. The molecule has 4 heterocycles. The second-order valence-corrected chi connectivity index (χ2v) is 8.20. The maximum absolute atomic E-state index is 13.1. The molecule has 0 unspecified atom stereocenters. The van der Waals surface area contributed by atoms with Crippen molar-refractivity contribution in [3.8, 4) is 22.7 Å². The van der Waals surface area contributed by atoms with Gasteiger partial charge in [0.15, 0.2) is 16.2 Å². The van der Waals surface area contributed by atoms with Crippen molar-refractivity contribution in [2.45, 2.75) is 13.8 Å². The van der Waals surface area contributed by atoms with Gasteiger partial charge in [0.2, 0.25) is 0 Å². The van der Waals surface area contributed by atoms with Crippen LogP contribution in [0.5, 0.6) is 0 Å². The van der Waals surface area contributed by atoms with Crippen LogP contribution in [0.3, 0.4) is 0 Å². The number of nitrogens with zero attached hydrogens (tertiary/aromatic N) is 5. The van der Waals surface area contributed by atoms with Crippen molar-refractivity contribution < 1.29 is 14.0 Å². The predicted octanol–water partition coefficient (Wildman–Crippen LogP) is 4.35. The highest BCUT2D eigenvalue weighted by Gasteiger charge is 2.34. The Morgan fingerprint density at radius 2 is 2.00 bits per heavy atom. The SMILES string of the molecule is CCN1C(=O)C(C#N)=C(C)/C(=C/c2cc3oc(-c4nccs4)nc3n2-c2ccccc2)C1=O. The Bertz CT molecular complexity index is 1500. The molecule has 0 spiro atoms. The van der Waals surface area contributed by atoms with Crippen molar-refractivity contribution in [3.05, 3.63) is 70.4 Å². The Hall–Kier alpha value is -4.29. The van der Waals surface area contributed by atoms with Gasteiger partial charge in [0, 0.05) is 35.4 Å². The molecule has 0 bridgehead atoms. The average molecular weight is 455 g/mol. The van der Waals surface area contributed by atoms with E-state index in [0.717, 1.165) is 10.6 Å². The number of oxazole rings is 1. The zero-order chi connectivity index (χ0) is 23.1. The molecule has 0 saturated heterocycles. The minimum absolute atomic E-state index is 0.0339. The number of hydrogen-bond donors (Lipinski definition) is 0. The van der Waals surface area contributed by atoms with Gasteiger partial charge in [0.25, 0.3) is 17.7 Å². The summed E-state index contributed by atoms with van der Waals surface area (Å²) >= 11 is 1.43. The fraction of sp³-hybridized carbons (Fsp3) is 0.125. The Labute approximate surface area is 192 Å². The number of likely N-dealkylation sites (N-methyl/N-ethyl adjacent to an activating group) is 1. The molecule has 0 saturated carbocycles. The van der Waals surface area contributed by atoms with Gasteiger partial charge in [-0.1, -0.05) is 18.2 Å². The molecule has 0 N–H and O–H groups in total. The van der Waals surface area contributed by atoms with Crippen molar-refractivity contribution in [2.75, 3.05) is 6.54 Å². The van der Waals surface area contributed by atoms with E-state index in [-0.39, 0.29) is 17.7 Å². The number of benzene rings is 1. The molecule has 5 rings (SSSR count). The monoisotopic (exact) mass is 455 g/mol. The van der Waals surface area contributed by atoms with Crippen LogP contribution in [-0.4, -0.2) is 37.8 Å². The van der Waals surface area contributed by atoms with Crippen LogP contribution < -0.4 is 0 Å². The molecule has 1 aromatic carbocycles. The number of para-hydroxylation sites is 1. The summed E-state index contributed by atoms with van der Waals surface area (Å²) in [5.74, 6) is -0.590. The van der Waals surface area contributed by atoms with E-state index in [9.17, 15) is 14.9 Å². The summed E-state index contributed by atoms with van der Waals surface area (Å²) in [6.07, 6.45) is 3.37. The number of nitriles is 1. The third-order valence-corrected chi connectivity index (χ3v) is 6.21. The topological polar surface area (TPSA) is 105 Å². The maximum atomic E-state index is 13.1. The van der Waals surface area contributed by atoms with Gasteiger partial charge in [-0.3, -0.25) is 19.1 Å². The second-order valence-electron chi connectivity index (χ2n) is 7.31. The number of fused-ring (bicyclic) bond motifs is 1. The van der Waals surface area contributed by atoms with E-state index in [1.807, 2.05) is 46.3 Å². The summed E-state index contributed by atoms with van der Waals surface area (Å²) in [5, 5.41) is 12.0. The van der Waals surface area contributed by atoms with Crippen molar-refractivity contribution in [1.82, 2.24) is 19.4 Å². The molecule has 8 nitrogen and oxygen atoms in total. The molecule has 0 fully saturated rings. The first-order chi connectivity index (χ1) is 16.0. The molecule has 0 aliphatic carbocycles. The summed E-state index contributed by atoms with van der Waals surface area (Å²) in [4.78, 5) is 35.6. The van der Waals surface area contributed by atoms with Crippen LogP contribution in [0.15, 0.2) is 69.1 Å². The fourth-order valence-corrected chi connectivity index (χ4v) is 4.40. The summed E-state index contributed by atoms with van der Waals surface area (Å²) in [6, 6.07) is 13.3. The predicted molar refractivity (Wildman–Crippen MR) is 123 cm³/mol. The molecule has 1 aliphatic rings. The number of amides is 2. The van der Waals surface area contributed by atoms with Gasteiger partial charge in [-0.25, -0.2) is 4.98 Å². The number of imide groups is 1. The number of carbonyl (C=O) groups excluding carboxylic acids is 2. The van der Waals surface area contributed by atoms with E-state index in [2.05, 4.69) is 9.97 Å². The largest absolute Gasteiger partial charge is 0.432 e. The first kappa shape index (κ1) is 20.6. The highest BCUT2D eigenvalue weighted by molar-refractivity contribution is 7.12. The van der Waals surface area contributed by atoms with Crippen molar-refractivity contribution in [2.24, 2.45) is 0 Å². The standard InChI is InChI=1S/C24H17N5O3S/c1-3-28-23(30)17(14(2)18(13-25)24(28)31)11-16-12-19-20(29(16)15-7-5-4-6-8-15)27-21(32-19)22-26-9-10-33-22/h4-12H,3H2,1-2H3/b17-11-. The van der Waals surface area contributed by atoms with Gasteiger partial charge < -0.3 is 4.42 Å². The van der Waals surface area contributed by atoms with E-state index < -0.39 is 11.8 Å². The van der Waals surface area contributed by atoms with Crippen molar-refractivity contribution >= 4 is 40.5 Å². The molecule has 33 heavy (non-hydrogen) atoms. The molecule has 9 heteroatoms. The molecular formula is C24H17N5O3S. The molecule has 1 aliphatic heterocycles. The fourth-order valence-electron chi connectivity index (χ4n) is 3.84. The van der Waals surface area contributed by atoms with Gasteiger partial charge in [0.1, 0.15) is 11.6 Å². The zero-order valence-corrected chi connectivity index (χ0v) is 18.6. The molecule has 0 atom stereocenters. The van der Waals surface area contributed by atoms with Crippen LogP contribution in [0, 0.1) is 11.3 Å². The normalized spacial score (nSPS) is 15.7. The van der Waals surface area contributed by atoms with Crippen LogP contribution in [-0.2, 0) is 9.59 Å². The smallest absolute Gasteiger partial charge is 0.271 e. The minimum atomic E-state index is -0.568. The number of hydrogen-bond acceptors (Lipinski definition) is 7. The van der Waals surface area contributed by atoms with E-state index in [4.69, 9.17) is 4.42 Å². The zero-order valence-electron chi connectivity index (χ0n) is 17.8. The Morgan fingerprint density at radius 1 is 1.21 bits per heavy atom. The lowest BCUT2D eigenvalue weighted by atomic mass is 9.94. The average Bonchev–Trinajstić information content (AvgIpc) is 3.54. The lowest BCUT2D eigenvalue weighted by molar-refractivity contribution is -0.140. The van der Waals surface area contributed by atoms with Crippen LogP contribution in [0.4, 0.5) is 0 Å². The first-order valence-corrected chi connectivity index (χ1v) is 11.1. The highest BCUT2D eigenvalue weighted by atomic mass is 32.1. The number of rotatable bonds is 4. The van der Waals surface area contributed by atoms with E-state index in [1.165, 1.54) is 11.3 Å². The molecular weight excluding hydrogens is 438 g/mol. The molecule has 162 valence electrons. The molecule has 0 radical (unpaired) electrons. The molecule has 3 aromatic heterocycles. The van der Waals surface area contributed by atoms with Gasteiger partial charge in [0.05, 0.1) is 5.69 Å². The van der Waals surface area contributed by atoms with E-state index >= 15 is 0 Å². The highest BCUT2D eigenvalue weighted by Crippen LogP contribution is 2.33. The van der Waals surface area contributed by atoms with Gasteiger partial charge in [-0.05, 0) is 37.6 Å². The lowest BCUT2D eigenvalue weighted by Crippen LogP contribution is -2.42. The number of thiazole rings is 1. The van der Waals surface area contributed by atoms with Crippen molar-refractivity contribution in [1.29, 1.82) is 5.26 Å². The number of carbonyl (C=O) groups is 2. The van der Waals surface area contributed by atoms with Crippen LogP contribution in [0.2, 0.25) is 0 Å². The molecule has 4 aromatic rings. The summed E-state index contributed by atoms with van der Waals surface area (Å²) in [5.41, 5.74) is 3.17. The lowest BCUT2D eigenvalue weighted by Gasteiger charge is -2.26. The molecule has 2 amide bonds. The summed E-state index contributed by atoms with van der Waals surface area (Å²) in [6.45, 7) is 3.49. The van der Waals surface area contributed by atoms with Gasteiger partial charge in [-0.2, -0.15) is 10.2 Å². The Morgan fingerprint density at radius 3 is 2.67 bits per heavy atom. The van der Waals surface area contributed by atoms with Crippen LogP contribution >= 0.6 is 11.3 Å². The third-order valence-electron chi connectivity index (χ3n) is 5.45. The summed E-state index contributed by atoms with van der Waals surface area (Å²) in [7, 11) is 0. The maximum Gasteiger partial charge on any atom is 0.271 e.